The zero-order valence-corrected chi connectivity index (χ0v) is 14.8. The van der Waals surface area contributed by atoms with Gasteiger partial charge in [0.05, 0.1) is 0 Å². The van der Waals surface area contributed by atoms with E-state index in [1.165, 1.54) is 0 Å². The summed E-state index contributed by atoms with van der Waals surface area (Å²) < 4.78 is 16.5. The lowest BCUT2D eigenvalue weighted by Gasteiger charge is -2.30. The molecule has 6 heteroatoms. The lowest BCUT2D eigenvalue weighted by molar-refractivity contribution is 0.0215. The summed E-state index contributed by atoms with van der Waals surface area (Å²) >= 11 is 0. The fraction of sp³-hybridized carbons (Fsp3) is 0.933. The summed E-state index contributed by atoms with van der Waals surface area (Å²) in [6.07, 6.45) is 4.50. The van der Waals surface area contributed by atoms with Gasteiger partial charge in [-0.1, -0.05) is 0 Å². The van der Waals surface area contributed by atoms with Gasteiger partial charge in [-0.25, -0.2) is 4.79 Å². The normalized spacial score (nSPS) is 22.1. The zero-order chi connectivity index (χ0) is 16.0. The van der Waals surface area contributed by atoms with Gasteiger partial charge in [-0.05, 0) is 47.0 Å². The number of hydrogen-bond donors (Lipinski definition) is 1. The highest BCUT2D eigenvalue weighted by Crippen LogP contribution is 2.23. The van der Waals surface area contributed by atoms with Gasteiger partial charge in [-0.15, -0.1) is 0 Å². The van der Waals surface area contributed by atoms with Crippen molar-refractivity contribution in [2.75, 3.05) is 25.1 Å². The molecule has 1 heterocycles. The van der Waals surface area contributed by atoms with E-state index in [4.69, 9.17) is 4.74 Å². The molecule has 0 aromatic carbocycles. The summed E-state index contributed by atoms with van der Waals surface area (Å²) in [7, 11) is -0.759. The molecule has 1 aliphatic rings. The molecule has 0 spiro atoms. The van der Waals surface area contributed by atoms with Crippen LogP contribution in [0, 0.1) is 0 Å². The summed E-state index contributed by atoms with van der Waals surface area (Å²) in [5, 5.41) is 3.38. The van der Waals surface area contributed by atoms with E-state index in [2.05, 4.69) is 12.2 Å². The van der Waals surface area contributed by atoms with Gasteiger partial charge in [0.15, 0.2) is 0 Å². The second-order valence-electron chi connectivity index (χ2n) is 6.84. The Kier molecular flexibility index (Phi) is 7.13. The average molecular weight is 318 g/mol. The van der Waals surface area contributed by atoms with Crippen LogP contribution < -0.4 is 5.32 Å². The number of amides is 1. The van der Waals surface area contributed by atoms with E-state index in [0.717, 1.165) is 32.4 Å². The van der Waals surface area contributed by atoms with Gasteiger partial charge in [-0.3, -0.25) is 4.21 Å². The van der Waals surface area contributed by atoms with Crippen molar-refractivity contribution < 1.29 is 13.7 Å². The molecule has 5 nitrogen and oxygen atoms in total. The molecule has 3 unspecified atom stereocenters. The van der Waals surface area contributed by atoms with E-state index in [9.17, 15) is 9.00 Å². The van der Waals surface area contributed by atoms with Crippen LogP contribution in [0.3, 0.4) is 0 Å². The van der Waals surface area contributed by atoms with Gasteiger partial charge < -0.3 is 15.0 Å². The highest BCUT2D eigenvalue weighted by molar-refractivity contribution is 7.84. The van der Waals surface area contributed by atoms with Crippen LogP contribution in [0.5, 0.6) is 0 Å². The molecule has 1 amide bonds. The van der Waals surface area contributed by atoms with E-state index >= 15 is 0 Å². The van der Waals surface area contributed by atoms with Gasteiger partial charge in [0.25, 0.3) is 0 Å². The SMILES string of the molecule is CC(CC1CCCN1C(=O)OC(C)(C)C)NCCS(C)=O. The standard InChI is InChI=1S/C15H30N2O3S/c1-12(16-8-10-21(5)19)11-13-7-6-9-17(13)14(18)20-15(2,3)4/h12-13,16H,6-11H2,1-5H3. The minimum absolute atomic E-state index is 0.202. The molecule has 0 bridgehead atoms. The van der Waals surface area contributed by atoms with Crippen molar-refractivity contribution in [2.24, 2.45) is 0 Å². The third-order valence-corrected chi connectivity index (χ3v) is 4.29. The Morgan fingerprint density at radius 2 is 2.14 bits per heavy atom. The number of hydrogen-bond acceptors (Lipinski definition) is 4. The molecule has 1 aliphatic heterocycles. The predicted molar refractivity (Wildman–Crippen MR) is 87.0 cm³/mol. The Bertz CT molecular complexity index is 368. The number of likely N-dealkylation sites (tertiary alicyclic amines) is 1. The first-order valence-corrected chi connectivity index (χ1v) is 9.45. The Hall–Kier alpha value is -0.620. The maximum atomic E-state index is 12.2. The third-order valence-electron chi connectivity index (χ3n) is 3.51. The Labute approximate surface area is 131 Å². The van der Waals surface area contributed by atoms with Crippen LogP contribution in [0.15, 0.2) is 0 Å². The molecule has 0 aromatic rings. The van der Waals surface area contributed by atoms with Crippen molar-refractivity contribution >= 4 is 16.9 Å². The first-order chi connectivity index (χ1) is 9.69. The number of carbonyl (C=O) groups is 1. The number of carbonyl (C=O) groups excluding carboxylic acids is 1. The second kappa shape index (κ2) is 8.13. The van der Waals surface area contributed by atoms with Crippen molar-refractivity contribution in [3.05, 3.63) is 0 Å². The maximum absolute atomic E-state index is 12.2. The third kappa shape index (κ3) is 7.27. The van der Waals surface area contributed by atoms with Crippen molar-refractivity contribution in [3.63, 3.8) is 0 Å². The van der Waals surface area contributed by atoms with Crippen LogP contribution >= 0.6 is 0 Å². The molecule has 1 saturated heterocycles. The first kappa shape index (κ1) is 18.4. The smallest absolute Gasteiger partial charge is 0.410 e. The maximum Gasteiger partial charge on any atom is 0.410 e. The van der Waals surface area contributed by atoms with Gasteiger partial charge >= 0.3 is 6.09 Å². The number of nitrogens with one attached hydrogen (secondary N) is 1. The van der Waals surface area contributed by atoms with Crippen LogP contribution in [0.4, 0.5) is 4.79 Å². The Morgan fingerprint density at radius 1 is 1.48 bits per heavy atom. The van der Waals surface area contributed by atoms with Gasteiger partial charge in [0, 0.05) is 48.0 Å². The summed E-state index contributed by atoms with van der Waals surface area (Å²) in [6, 6.07) is 0.552. The minimum atomic E-state index is -0.759. The molecule has 124 valence electrons. The number of ether oxygens (including phenoxy) is 1. The lowest BCUT2D eigenvalue weighted by atomic mass is 10.1. The molecule has 21 heavy (non-hydrogen) atoms. The second-order valence-corrected chi connectivity index (χ2v) is 8.39. The number of nitrogens with zero attached hydrogens (tertiary/aromatic N) is 1. The van der Waals surface area contributed by atoms with Crippen LogP contribution in [-0.4, -0.2) is 58.0 Å². The highest BCUT2D eigenvalue weighted by Gasteiger charge is 2.32. The quantitative estimate of drug-likeness (QED) is 0.815. The highest BCUT2D eigenvalue weighted by atomic mass is 32.2. The van der Waals surface area contributed by atoms with Gasteiger partial charge in [0.1, 0.15) is 5.60 Å². The molecule has 3 atom stereocenters. The van der Waals surface area contributed by atoms with E-state index in [1.807, 2.05) is 25.7 Å². The molecule has 0 aromatic heterocycles. The summed E-state index contributed by atoms with van der Waals surface area (Å²) in [4.78, 5) is 14.1. The molecular weight excluding hydrogens is 288 g/mol. The monoisotopic (exact) mass is 318 g/mol. The topological polar surface area (TPSA) is 58.6 Å². The lowest BCUT2D eigenvalue weighted by Crippen LogP contribution is -2.43. The largest absolute Gasteiger partial charge is 0.444 e. The van der Waals surface area contributed by atoms with Gasteiger partial charge in [0.2, 0.25) is 0 Å². The summed E-state index contributed by atoms with van der Waals surface area (Å²) in [5.74, 6) is 0.671. The molecule has 0 aliphatic carbocycles. The molecule has 1 N–H and O–H groups in total. The molecule has 0 radical (unpaired) electrons. The van der Waals surface area contributed by atoms with E-state index in [-0.39, 0.29) is 12.1 Å². The fourth-order valence-electron chi connectivity index (χ4n) is 2.58. The Morgan fingerprint density at radius 3 is 2.71 bits per heavy atom. The molecular formula is C15H30N2O3S. The van der Waals surface area contributed by atoms with Crippen LogP contribution in [0.2, 0.25) is 0 Å². The van der Waals surface area contributed by atoms with Crippen molar-refractivity contribution in [1.29, 1.82) is 0 Å². The first-order valence-electron chi connectivity index (χ1n) is 7.72. The minimum Gasteiger partial charge on any atom is -0.444 e. The number of rotatable bonds is 6. The average Bonchev–Trinajstić information content (AvgIpc) is 2.74. The predicted octanol–water partition coefficient (Wildman–Crippen LogP) is 2.13. The molecule has 0 saturated carbocycles. The fourth-order valence-corrected chi connectivity index (χ4v) is 2.99. The van der Waals surface area contributed by atoms with Crippen molar-refractivity contribution in [2.45, 2.75) is 64.6 Å². The summed E-state index contributed by atoms with van der Waals surface area (Å²) in [5.41, 5.74) is -0.445. The van der Waals surface area contributed by atoms with Crippen LogP contribution in [0.25, 0.3) is 0 Å². The van der Waals surface area contributed by atoms with Crippen LogP contribution in [0.1, 0.15) is 47.0 Å². The zero-order valence-electron chi connectivity index (χ0n) is 14.0. The van der Waals surface area contributed by atoms with Crippen molar-refractivity contribution in [1.82, 2.24) is 10.2 Å². The molecule has 1 fully saturated rings. The Balaban J connectivity index is 2.42. The van der Waals surface area contributed by atoms with Crippen LogP contribution in [-0.2, 0) is 15.5 Å². The molecule has 1 rings (SSSR count). The van der Waals surface area contributed by atoms with Crippen molar-refractivity contribution in [3.8, 4) is 0 Å². The van der Waals surface area contributed by atoms with E-state index in [0.29, 0.717) is 11.8 Å². The van der Waals surface area contributed by atoms with Gasteiger partial charge in [-0.2, -0.15) is 0 Å². The summed E-state index contributed by atoms with van der Waals surface area (Å²) in [6.45, 7) is 9.33. The van der Waals surface area contributed by atoms with E-state index < -0.39 is 16.4 Å². The van der Waals surface area contributed by atoms with E-state index in [1.54, 1.807) is 6.26 Å².